The quantitative estimate of drug-likeness (QED) is 0.605. The summed E-state index contributed by atoms with van der Waals surface area (Å²) < 4.78 is 0. The van der Waals surface area contributed by atoms with Crippen LogP contribution in [0.3, 0.4) is 0 Å². The van der Waals surface area contributed by atoms with Crippen LogP contribution < -0.4 is 5.32 Å². The molecule has 2 saturated heterocycles. The van der Waals surface area contributed by atoms with Crippen molar-refractivity contribution < 1.29 is 24.3 Å². The van der Waals surface area contributed by atoms with Gasteiger partial charge in [0.25, 0.3) is 5.91 Å². The lowest BCUT2D eigenvalue weighted by Crippen LogP contribution is -2.58. The third kappa shape index (κ3) is 5.58. The first kappa shape index (κ1) is 25.2. The van der Waals surface area contributed by atoms with Crippen molar-refractivity contribution in [2.24, 2.45) is 5.41 Å². The fourth-order valence-corrected chi connectivity index (χ4v) is 5.34. The van der Waals surface area contributed by atoms with Crippen LogP contribution in [0.5, 0.6) is 0 Å². The van der Waals surface area contributed by atoms with Crippen molar-refractivity contribution in [2.75, 3.05) is 11.6 Å². The standard InChI is InChI=1S/C24H33N3O5S/c1-23(2,3)25-20(30)17-13-33-14-26(17)21(31)19(29)16(11-15-9-7-6-8-10-15)27-18(28)12-24(4,5)22(27)32/h6-10,16-17,19,29H,11-14H2,1-5H3,(H,25,30)/t16-,17-,19-/m0/s1. The van der Waals surface area contributed by atoms with E-state index in [1.807, 2.05) is 51.1 Å². The highest BCUT2D eigenvalue weighted by atomic mass is 32.2. The Balaban J connectivity index is 1.88. The van der Waals surface area contributed by atoms with E-state index in [0.29, 0.717) is 5.75 Å². The Morgan fingerprint density at radius 2 is 1.85 bits per heavy atom. The maximum absolute atomic E-state index is 13.4. The predicted octanol–water partition coefficient (Wildman–Crippen LogP) is 1.56. The van der Waals surface area contributed by atoms with Crippen LogP contribution in [0.2, 0.25) is 0 Å². The summed E-state index contributed by atoms with van der Waals surface area (Å²) in [6.07, 6.45) is -1.48. The highest BCUT2D eigenvalue weighted by Crippen LogP contribution is 2.35. The van der Waals surface area contributed by atoms with Crippen molar-refractivity contribution in [3.8, 4) is 0 Å². The minimum absolute atomic E-state index is 0.0220. The topological polar surface area (TPSA) is 107 Å². The smallest absolute Gasteiger partial charge is 0.254 e. The fourth-order valence-electron chi connectivity index (χ4n) is 4.18. The van der Waals surface area contributed by atoms with Crippen LogP contribution in [0.25, 0.3) is 0 Å². The van der Waals surface area contributed by atoms with Crippen LogP contribution in [-0.4, -0.2) is 73.9 Å². The molecule has 0 radical (unpaired) electrons. The van der Waals surface area contributed by atoms with E-state index in [1.54, 1.807) is 13.8 Å². The number of carbonyl (C=O) groups is 4. The fraction of sp³-hybridized carbons (Fsp3) is 0.583. The number of thioether (sulfide) groups is 1. The molecule has 0 unspecified atom stereocenters. The average Bonchev–Trinajstić information content (AvgIpc) is 3.28. The molecule has 2 aliphatic rings. The highest BCUT2D eigenvalue weighted by molar-refractivity contribution is 7.99. The Morgan fingerprint density at radius 1 is 1.21 bits per heavy atom. The minimum Gasteiger partial charge on any atom is -0.381 e. The third-order valence-corrected chi connectivity index (χ3v) is 6.87. The van der Waals surface area contributed by atoms with Crippen molar-refractivity contribution in [1.82, 2.24) is 15.1 Å². The number of aliphatic hydroxyl groups excluding tert-OH is 1. The van der Waals surface area contributed by atoms with E-state index >= 15 is 0 Å². The highest BCUT2D eigenvalue weighted by Gasteiger charge is 2.51. The van der Waals surface area contributed by atoms with Crippen LogP contribution in [-0.2, 0) is 25.6 Å². The molecule has 0 saturated carbocycles. The van der Waals surface area contributed by atoms with Gasteiger partial charge in [-0.1, -0.05) is 44.2 Å². The largest absolute Gasteiger partial charge is 0.381 e. The summed E-state index contributed by atoms with van der Waals surface area (Å²) >= 11 is 1.42. The second kappa shape index (κ2) is 9.46. The van der Waals surface area contributed by atoms with E-state index in [-0.39, 0.29) is 24.6 Å². The van der Waals surface area contributed by atoms with Gasteiger partial charge in [0.15, 0.2) is 6.10 Å². The molecule has 33 heavy (non-hydrogen) atoms. The predicted molar refractivity (Wildman–Crippen MR) is 126 cm³/mol. The molecule has 1 aromatic rings. The molecule has 0 spiro atoms. The molecule has 2 aliphatic heterocycles. The van der Waals surface area contributed by atoms with Gasteiger partial charge in [-0.25, -0.2) is 0 Å². The summed E-state index contributed by atoms with van der Waals surface area (Å²) in [6, 6.07) is 7.35. The number of aliphatic hydroxyl groups is 1. The van der Waals surface area contributed by atoms with Gasteiger partial charge < -0.3 is 15.3 Å². The van der Waals surface area contributed by atoms with E-state index in [4.69, 9.17) is 0 Å². The maximum atomic E-state index is 13.4. The van der Waals surface area contributed by atoms with Crippen molar-refractivity contribution >= 4 is 35.4 Å². The Hall–Kier alpha value is -2.39. The molecule has 2 fully saturated rings. The summed E-state index contributed by atoms with van der Waals surface area (Å²) in [7, 11) is 0. The van der Waals surface area contributed by atoms with Crippen molar-refractivity contribution in [3.63, 3.8) is 0 Å². The average molecular weight is 476 g/mol. The van der Waals surface area contributed by atoms with Gasteiger partial charge >= 0.3 is 0 Å². The van der Waals surface area contributed by atoms with Crippen LogP contribution in [0.4, 0.5) is 0 Å². The molecule has 180 valence electrons. The van der Waals surface area contributed by atoms with Gasteiger partial charge in [-0.2, -0.15) is 0 Å². The number of rotatable bonds is 6. The van der Waals surface area contributed by atoms with Gasteiger partial charge in [-0.3, -0.25) is 24.1 Å². The zero-order valence-corrected chi connectivity index (χ0v) is 20.6. The van der Waals surface area contributed by atoms with E-state index in [0.717, 1.165) is 10.5 Å². The van der Waals surface area contributed by atoms with Gasteiger partial charge in [0.05, 0.1) is 17.3 Å². The van der Waals surface area contributed by atoms with E-state index in [1.165, 1.54) is 16.7 Å². The van der Waals surface area contributed by atoms with Crippen molar-refractivity contribution in [2.45, 2.75) is 71.2 Å². The number of amides is 4. The summed E-state index contributed by atoms with van der Waals surface area (Å²) in [6.45, 7) is 8.94. The Labute approximate surface area is 199 Å². The number of hydrogen-bond acceptors (Lipinski definition) is 6. The SMILES string of the molecule is CC(C)(C)NC(=O)[C@@H]1CSCN1C(=O)[C@@H](O)[C@H](Cc1ccccc1)N1C(=O)CC(C)(C)C1=O. The van der Waals surface area contributed by atoms with Crippen LogP contribution >= 0.6 is 11.8 Å². The van der Waals surface area contributed by atoms with Gasteiger partial charge in [-0.15, -0.1) is 11.8 Å². The second-order valence-corrected chi connectivity index (χ2v) is 11.4. The molecule has 8 nitrogen and oxygen atoms in total. The zero-order valence-electron chi connectivity index (χ0n) is 19.8. The molecular weight excluding hydrogens is 442 g/mol. The van der Waals surface area contributed by atoms with Crippen molar-refractivity contribution in [1.29, 1.82) is 0 Å². The number of hydrogen-bond donors (Lipinski definition) is 2. The number of imide groups is 1. The van der Waals surface area contributed by atoms with E-state index in [9.17, 15) is 24.3 Å². The first-order chi connectivity index (χ1) is 15.3. The number of nitrogens with one attached hydrogen (secondary N) is 1. The van der Waals surface area contributed by atoms with E-state index in [2.05, 4.69) is 5.32 Å². The summed E-state index contributed by atoms with van der Waals surface area (Å²) in [5.41, 5.74) is -0.571. The van der Waals surface area contributed by atoms with E-state index < -0.39 is 46.9 Å². The minimum atomic E-state index is -1.64. The molecule has 3 rings (SSSR count). The third-order valence-electron chi connectivity index (χ3n) is 5.86. The van der Waals surface area contributed by atoms with Gasteiger partial charge in [-0.05, 0) is 32.8 Å². The maximum Gasteiger partial charge on any atom is 0.254 e. The molecule has 0 bridgehead atoms. The summed E-state index contributed by atoms with van der Waals surface area (Å²) in [4.78, 5) is 54.5. The molecule has 4 amide bonds. The van der Waals surface area contributed by atoms with Crippen LogP contribution in [0.15, 0.2) is 30.3 Å². The number of likely N-dealkylation sites (tertiary alicyclic amines) is 1. The van der Waals surface area contributed by atoms with Crippen LogP contribution in [0, 0.1) is 5.41 Å². The summed E-state index contributed by atoms with van der Waals surface area (Å²) in [5, 5.41) is 14.1. The Bertz CT molecular complexity index is 928. The molecule has 2 N–H and O–H groups in total. The molecule has 9 heteroatoms. The number of nitrogens with zero attached hydrogens (tertiary/aromatic N) is 2. The van der Waals surface area contributed by atoms with Gasteiger partial charge in [0.2, 0.25) is 17.7 Å². The second-order valence-electron chi connectivity index (χ2n) is 10.4. The molecular formula is C24H33N3O5S. The van der Waals surface area contributed by atoms with Gasteiger partial charge in [0, 0.05) is 17.7 Å². The van der Waals surface area contributed by atoms with Crippen molar-refractivity contribution in [3.05, 3.63) is 35.9 Å². The number of benzene rings is 1. The normalized spacial score (nSPS) is 22.4. The Kier molecular flexibility index (Phi) is 7.24. The first-order valence-corrected chi connectivity index (χ1v) is 12.3. The lowest BCUT2D eigenvalue weighted by atomic mass is 9.91. The zero-order chi connectivity index (χ0) is 24.6. The number of carbonyl (C=O) groups excluding carboxylic acids is 4. The molecule has 2 heterocycles. The molecule has 1 aromatic carbocycles. The summed E-state index contributed by atoms with van der Waals surface area (Å²) in [5.74, 6) is -1.09. The van der Waals surface area contributed by atoms with Gasteiger partial charge in [0.1, 0.15) is 6.04 Å². The molecule has 3 atom stereocenters. The Morgan fingerprint density at radius 3 is 2.39 bits per heavy atom. The monoisotopic (exact) mass is 475 g/mol. The van der Waals surface area contributed by atoms with Crippen LogP contribution in [0.1, 0.15) is 46.6 Å². The lowest BCUT2D eigenvalue weighted by Gasteiger charge is -2.34. The lowest BCUT2D eigenvalue weighted by molar-refractivity contribution is -0.154. The first-order valence-electron chi connectivity index (χ1n) is 11.1. The molecule has 0 aliphatic carbocycles. The molecule has 0 aromatic heterocycles.